The zero-order chi connectivity index (χ0) is 8.97. The lowest BCUT2D eigenvalue weighted by atomic mass is 10.8. The van der Waals surface area contributed by atoms with Crippen LogP contribution in [0, 0.1) is 0 Å². The van der Waals surface area contributed by atoms with Crippen LogP contribution in [0.25, 0.3) is 0 Å². The number of methoxy groups -OCH3 is 1. The number of imidazole rings is 1. The van der Waals surface area contributed by atoms with E-state index in [0.717, 1.165) is 0 Å². The number of esters is 1. The van der Waals surface area contributed by atoms with Gasteiger partial charge >= 0.3 is 12.0 Å². The molecule has 0 bridgehead atoms. The molecule has 0 saturated heterocycles. The van der Waals surface area contributed by atoms with Crippen LogP contribution in [0.5, 0.6) is 6.01 Å². The van der Waals surface area contributed by atoms with Crippen LogP contribution in [-0.4, -0.2) is 22.6 Å². The highest BCUT2D eigenvalue weighted by atomic mass is 16.6. The topological polar surface area (TPSA) is 53.4 Å². The molecule has 0 saturated carbocycles. The largest absolute Gasteiger partial charge is 0.392 e. The van der Waals surface area contributed by atoms with Crippen molar-refractivity contribution < 1.29 is 14.3 Å². The zero-order valence-corrected chi connectivity index (χ0v) is 6.98. The number of nitrogens with zero attached hydrogens (tertiary/aromatic N) is 2. The Morgan fingerprint density at radius 3 is 3.08 bits per heavy atom. The quantitative estimate of drug-likeness (QED) is 0.616. The number of aromatic nitrogens is 2. The molecule has 0 aliphatic rings. The van der Waals surface area contributed by atoms with Crippen LogP contribution >= 0.6 is 0 Å². The lowest BCUT2D eigenvalue weighted by Crippen LogP contribution is -2.08. The van der Waals surface area contributed by atoms with Crippen LogP contribution in [0.4, 0.5) is 0 Å². The molecule has 5 heteroatoms. The molecule has 0 aromatic carbocycles. The van der Waals surface area contributed by atoms with Crippen LogP contribution in [0.15, 0.2) is 12.4 Å². The summed E-state index contributed by atoms with van der Waals surface area (Å²) in [4.78, 5) is 14.4. The van der Waals surface area contributed by atoms with E-state index in [9.17, 15) is 4.79 Å². The Morgan fingerprint density at radius 2 is 2.50 bits per heavy atom. The first-order valence-corrected chi connectivity index (χ1v) is 3.42. The van der Waals surface area contributed by atoms with Crippen molar-refractivity contribution in [3.63, 3.8) is 0 Å². The van der Waals surface area contributed by atoms with E-state index in [4.69, 9.17) is 9.47 Å². The molecule has 1 aromatic rings. The molecule has 1 rings (SSSR count). The van der Waals surface area contributed by atoms with E-state index in [-0.39, 0.29) is 6.01 Å². The van der Waals surface area contributed by atoms with Crippen molar-refractivity contribution in [3.05, 3.63) is 12.4 Å². The van der Waals surface area contributed by atoms with Gasteiger partial charge in [-0.2, -0.15) is 0 Å². The minimum absolute atomic E-state index is 0.254. The minimum Gasteiger partial charge on any atom is -0.392 e. The smallest absolute Gasteiger partial charge is 0.310 e. The predicted molar refractivity (Wildman–Crippen MR) is 40.5 cm³/mol. The van der Waals surface area contributed by atoms with Gasteiger partial charge in [0.25, 0.3) is 0 Å². The highest BCUT2D eigenvalue weighted by molar-refractivity contribution is 5.68. The Bertz CT molecular complexity index is 269. The summed E-state index contributed by atoms with van der Waals surface area (Å²) in [6, 6.07) is 0.254. The van der Waals surface area contributed by atoms with Crippen molar-refractivity contribution >= 4 is 5.97 Å². The van der Waals surface area contributed by atoms with E-state index in [1.54, 1.807) is 17.9 Å². The summed E-state index contributed by atoms with van der Waals surface area (Å²) in [5, 5.41) is 0. The molecule has 0 spiro atoms. The maximum Gasteiger partial charge on any atom is 0.310 e. The van der Waals surface area contributed by atoms with Gasteiger partial charge in [0.2, 0.25) is 0 Å². The molecule has 0 aliphatic carbocycles. The van der Waals surface area contributed by atoms with E-state index in [1.807, 2.05) is 0 Å². The summed E-state index contributed by atoms with van der Waals surface area (Å²) in [5.41, 5.74) is 0. The van der Waals surface area contributed by atoms with Gasteiger partial charge in [-0.25, -0.2) is 4.98 Å². The maximum absolute atomic E-state index is 10.6. The molecule has 66 valence electrons. The van der Waals surface area contributed by atoms with E-state index >= 15 is 0 Å². The molecule has 0 N–H and O–H groups in total. The van der Waals surface area contributed by atoms with Gasteiger partial charge in [-0.05, 0) is 0 Å². The molecule has 1 heterocycles. The van der Waals surface area contributed by atoms with Crippen LogP contribution in [0.2, 0.25) is 0 Å². The Labute approximate surface area is 69.9 Å². The molecular formula is C7H10N2O3. The Kier molecular flexibility index (Phi) is 2.82. The normalized spacial score (nSPS) is 9.83. The van der Waals surface area contributed by atoms with Crippen molar-refractivity contribution in [3.8, 4) is 6.01 Å². The summed E-state index contributed by atoms with van der Waals surface area (Å²) in [7, 11) is 1.55. The first-order chi connectivity index (χ1) is 5.74. The Balaban J connectivity index is 2.69. The molecule has 0 radical (unpaired) electrons. The molecule has 1 aromatic heterocycles. The first-order valence-electron chi connectivity index (χ1n) is 3.42. The zero-order valence-electron chi connectivity index (χ0n) is 6.98. The molecule has 5 nitrogen and oxygen atoms in total. The number of rotatable bonds is 3. The number of carbonyl (C=O) groups is 1. The van der Waals surface area contributed by atoms with Crippen LogP contribution < -0.4 is 4.74 Å². The standard InChI is InChI=1S/C7H10N2O3/c1-6(10)12-7-8-3-4-9(7)5-11-2/h3-4H,5H2,1-2H3. The van der Waals surface area contributed by atoms with Crippen LogP contribution in [-0.2, 0) is 16.3 Å². The summed E-state index contributed by atoms with van der Waals surface area (Å²) in [6.07, 6.45) is 3.21. The Hall–Kier alpha value is -1.36. The van der Waals surface area contributed by atoms with Gasteiger partial charge in [0.05, 0.1) is 0 Å². The number of hydrogen-bond donors (Lipinski definition) is 0. The minimum atomic E-state index is -0.390. The van der Waals surface area contributed by atoms with Gasteiger partial charge in [0.1, 0.15) is 6.73 Å². The fraction of sp³-hybridized carbons (Fsp3) is 0.429. The van der Waals surface area contributed by atoms with Crippen molar-refractivity contribution in [2.45, 2.75) is 13.7 Å². The Morgan fingerprint density at radius 1 is 1.75 bits per heavy atom. The second-order valence-corrected chi connectivity index (χ2v) is 2.19. The van der Waals surface area contributed by atoms with Gasteiger partial charge < -0.3 is 9.47 Å². The van der Waals surface area contributed by atoms with E-state index in [0.29, 0.717) is 6.73 Å². The van der Waals surface area contributed by atoms with Gasteiger partial charge in [0, 0.05) is 26.4 Å². The fourth-order valence-corrected chi connectivity index (χ4v) is 0.766. The van der Waals surface area contributed by atoms with Gasteiger partial charge in [-0.3, -0.25) is 9.36 Å². The highest BCUT2D eigenvalue weighted by Crippen LogP contribution is 2.06. The van der Waals surface area contributed by atoms with Crippen molar-refractivity contribution in [2.24, 2.45) is 0 Å². The second-order valence-electron chi connectivity index (χ2n) is 2.19. The molecular weight excluding hydrogens is 160 g/mol. The second kappa shape index (κ2) is 3.87. The average molecular weight is 170 g/mol. The number of hydrogen-bond acceptors (Lipinski definition) is 4. The first kappa shape index (κ1) is 8.73. The third kappa shape index (κ3) is 2.06. The molecule has 0 fully saturated rings. The SMILES string of the molecule is COCn1ccnc1OC(C)=O. The van der Waals surface area contributed by atoms with Gasteiger partial charge in [0.15, 0.2) is 0 Å². The van der Waals surface area contributed by atoms with Crippen LogP contribution in [0.1, 0.15) is 6.92 Å². The number of carbonyl (C=O) groups excluding carboxylic acids is 1. The lowest BCUT2D eigenvalue weighted by molar-refractivity contribution is -0.132. The van der Waals surface area contributed by atoms with E-state index < -0.39 is 5.97 Å². The van der Waals surface area contributed by atoms with Gasteiger partial charge in [-0.15, -0.1) is 0 Å². The predicted octanol–water partition coefficient (Wildman–Crippen LogP) is 0.412. The molecule has 0 aliphatic heterocycles. The maximum atomic E-state index is 10.6. The highest BCUT2D eigenvalue weighted by Gasteiger charge is 2.04. The molecule has 0 unspecified atom stereocenters. The number of ether oxygens (including phenoxy) is 2. The third-order valence-electron chi connectivity index (χ3n) is 1.18. The van der Waals surface area contributed by atoms with Crippen molar-refractivity contribution in [2.75, 3.05) is 7.11 Å². The monoisotopic (exact) mass is 170 g/mol. The van der Waals surface area contributed by atoms with E-state index in [1.165, 1.54) is 13.1 Å². The van der Waals surface area contributed by atoms with Gasteiger partial charge in [-0.1, -0.05) is 0 Å². The van der Waals surface area contributed by atoms with E-state index in [2.05, 4.69) is 4.98 Å². The van der Waals surface area contributed by atoms with Crippen molar-refractivity contribution in [1.82, 2.24) is 9.55 Å². The molecule has 12 heavy (non-hydrogen) atoms. The summed E-state index contributed by atoms with van der Waals surface area (Å²) >= 11 is 0. The van der Waals surface area contributed by atoms with Crippen molar-refractivity contribution in [1.29, 1.82) is 0 Å². The molecule has 0 amide bonds. The summed E-state index contributed by atoms with van der Waals surface area (Å²) in [5.74, 6) is -0.390. The lowest BCUT2D eigenvalue weighted by Gasteiger charge is -2.03. The molecule has 0 atom stereocenters. The average Bonchev–Trinajstić information content (AvgIpc) is 2.37. The fourth-order valence-electron chi connectivity index (χ4n) is 0.766. The van der Waals surface area contributed by atoms with Crippen LogP contribution in [0.3, 0.4) is 0 Å². The summed E-state index contributed by atoms with van der Waals surface area (Å²) < 4.78 is 11.2. The third-order valence-corrected chi connectivity index (χ3v) is 1.18. The summed E-state index contributed by atoms with van der Waals surface area (Å²) in [6.45, 7) is 1.65.